The molecule has 0 heterocycles. The van der Waals surface area contributed by atoms with Crippen molar-refractivity contribution in [3.05, 3.63) is 12.2 Å². The van der Waals surface area contributed by atoms with E-state index in [1.54, 1.807) is 0 Å². The average molecular weight is 338 g/mol. The third kappa shape index (κ3) is 19.3. The van der Waals surface area contributed by atoms with Gasteiger partial charge in [-0.05, 0) is 38.5 Å². The number of carbonyl (C=O) groups is 1. The van der Waals surface area contributed by atoms with Gasteiger partial charge in [0.25, 0.3) is 0 Å². The average Bonchev–Trinajstić information content (AvgIpc) is 2.58. The van der Waals surface area contributed by atoms with Crippen molar-refractivity contribution >= 4 is 5.91 Å². The van der Waals surface area contributed by atoms with Gasteiger partial charge in [-0.3, -0.25) is 4.79 Å². The number of carbonyl (C=O) groups excluding carboxylic acids is 1. The second-order valence-corrected chi connectivity index (χ2v) is 7.04. The largest absolute Gasteiger partial charge is 0.356 e. The summed E-state index contributed by atoms with van der Waals surface area (Å²) in [5, 5.41) is 2.99. The highest BCUT2D eigenvalue weighted by atomic mass is 16.1. The van der Waals surface area contributed by atoms with E-state index >= 15 is 0 Å². The molecule has 0 aliphatic rings. The van der Waals surface area contributed by atoms with Crippen LogP contribution in [0, 0.1) is 0 Å². The Bertz CT molecular complexity index is 286. The summed E-state index contributed by atoms with van der Waals surface area (Å²) >= 11 is 0. The number of amides is 1. The molecule has 0 aromatic carbocycles. The first kappa shape index (κ1) is 23.2. The van der Waals surface area contributed by atoms with E-state index in [1.165, 1.54) is 77.0 Å². The number of hydrogen-bond donors (Lipinski definition) is 1. The van der Waals surface area contributed by atoms with Crippen LogP contribution in [-0.4, -0.2) is 12.5 Å². The van der Waals surface area contributed by atoms with Gasteiger partial charge in [0.05, 0.1) is 0 Å². The maximum atomic E-state index is 11.5. The number of hydrogen-bond acceptors (Lipinski definition) is 1. The first-order valence-electron chi connectivity index (χ1n) is 10.7. The van der Waals surface area contributed by atoms with Crippen LogP contribution in [0.25, 0.3) is 0 Å². The molecule has 142 valence electrons. The smallest absolute Gasteiger partial charge is 0.219 e. The van der Waals surface area contributed by atoms with Crippen molar-refractivity contribution in [1.29, 1.82) is 0 Å². The van der Waals surface area contributed by atoms with Gasteiger partial charge >= 0.3 is 0 Å². The van der Waals surface area contributed by atoms with E-state index in [-0.39, 0.29) is 5.91 Å². The van der Waals surface area contributed by atoms with Crippen molar-refractivity contribution in [2.24, 2.45) is 0 Å². The Morgan fingerprint density at radius 1 is 0.667 bits per heavy atom. The summed E-state index contributed by atoms with van der Waals surface area (Å²) in [7, 11) is 0. The fourth-order valence-electron chi connectivity index (χ4n) is 2.85. The lowest BCUT2D eigenvalue weighted by atomic mass is 10.1. The summed E-state index contributed by atoms with van der Waals surface area (Å²) < 4.78 is 0. The van der Waals surface area contributed by atoms with E-state index in [9.17, 15) is 4.79 Å². The first-order chi connectivity index (χ1) is 11.8. The Morgan fingerprint density at radius 3 is 1.75 bits per heavy atom. The summed E-state index contributed by atoms with van der Waals surface area (Å²) in [4.78, 5) is 11.5. The molecule has 2 heteroatoms. The van der Waals surface area contributed by atoms with Gasteiger partial charge in [0.1, 0.15) is 0 Å². The van der Waals surface area contributed by atoms with E-state index in [0.717, 1.165) is 25.8 Å². The third-order valence-corrected chi connectivity index (χ3v) is 4.52. The van der Waals surface area contributed by atoms with Crippen LogP contribution >= 0.6 is 0 Å². The maximum Gasteiger partial charge on any atom is 0.219 e. The fraction of sp³-hybridized carbons (Fsp3) is 0.864. The quantitative estimate of drug-likeness (QED) is 0.213. The Hall–Kier alpha value is -0.790. The number of unbranched alkanes of at least 4 members (excludes halogenated alkanes) is 12. The van der Waals surface area contributed by atoms with E-state index in [4.69, 9.17) is 0 Å². The fourth-order valence-corrected chi connectivity index (χ4v) is 2.85. The number of allylic oxidation sites excluding steroid dienone is 2. The predicted molar refractivity (Wildman–Crippen MR) is 107 cm³/mol. The molecule has 0 rings (SSSR count). The number of nitrogens with one attached hydrogen (secondary N) is 1. The van der Waals surface area contributed by atoms with Crippen LogP contribution in [-0.2, 0) is 4.79 Å². The molecule has 0 saturated carbocycles. The third-order valence-electron chi connectivity index (χ3n) is 4.52. The molecule has 0 aromatic heterocycles. The van der Waals surface area contributed by atoms with Gasteiger partial charge in [0.15, 0.2) is 0 Å². The Morgan fingerprint density at radius 2 is 1.17 bits per heavy atom. The molecule has 2 nitrogen and oxygen atoms in total. The van der Waals surface area contributed by atoms with Crippen LogP contribution < -0.4 is 5.32 Å². The van der Waals surface area contributed by atoms with Crippen LogP contribution in [0.2, 0.25) is 0 Å². The molecular formula is C22H43NO. The van der Waals surface area contributed by atoms with Crippen LogP contribution in [0.5, 0.6) is 0 Å². The van der Waals surface area contributed by atoms with E-state index in [2.05, 4.69) is 31.3 Å². The van der Waals surface area contributed by atoms with Crippen LogP contribution in [0.3, 0.4) is 0 Å². The second-order valence-electron chi connectivity index (χ2n) is 7.04. The van der Waals surface area contributed by atoms with Crippen molar-refractivity contribution < 1.29 is 4.79 Å². The highest BCUT2D eigenvalue weighted by molar-refractivity contribution is 5.75. The van der Waals surface area contributed by atoms with Crippen molar-refractivity contribution in [2.45, 2.75) is 117 Å². The van der Waals surface area contributed by atoms with Crippen molar-refractivity contribution in [3.8, 4) is 0 Å². The molecule has 0 aliphatic heterocycles. The summed E-state index contributed by atoms with van der Waals surface area (Å²) in [6.45, 7) is 5.27. The van der Waals surface area contributed by atoms with Gasteiger partial charge in [-0.1, -0.05) is 83.8 Å². The topological polar surface area (TPSA) is 29.1 Å². The van der Waals surface area contributed by atoms with Gasteiger partial charge in [-0.25, -0.2) is 0 Å². The summed E-state index contributed by atoms with van der Waals surface area (Å²) in [5.74, 6) is 0.237. The highest BCUT2D eigenvalue weighted by Gasteiger charge is 1.99. The molecule has 0 unspecified atom stereocenters. The second kappa shape index (κ2) is 20.3. The number of rotatable bonds is 18. The minimum atomic E-state index is 0.237. The van der Waals surface area contributed by atoms with Crippen LogP contribution in [0.4, 0.5) is 0 Å². The molecule has 0 aliphatic carbocycles. The van der Waals surface area contributed by atoms with Crippen molar-refractivity contribution in [2.75, 3.05) is 6.54 Å². The molecule has 0 saturated heterocycles. The highest BCUT2D eigenvalue weighted by Crippen LogP contribution is 2.09. The summed E-state index contributed by atoms with van der Waals surface area (Å²) in [6, 6.07) is 0. The molecule has 0 fully saturated rings. The normalized spacial score (nSPS) is 11.2. The molecule has 0 atom stereocenters. The van der Waals surface area contributed by atoms with Gasteiger partial charge in [0.2, 0.25) is 5.91 Å². The van der Waals surface area contributed by atoms with Crippen LogP contribution in [0.15, 0.2) is 12.2 Å². The zero-order chi connectivity index (χ0) is 17.7. The van der Waals surface area contributed by atoms with Gasteiger partial charge < -0.3 is 5.32 Å². The lowest BCUT2D eigenvalue weighted by Crippen LogP contribution is -2.23. The minimum Gasteiger partial charge on any atom is -0.356 e. The van der Waals surface area contributed by atoms with E-state index < -0.39 is 0 Å². The molecule has 24 heavy (non-hydrogen) atoms. The zero-order valence-electron chi connectivity index (χ0n) is 16.6. The summed E-state index contributed by atoms with van der Waals surface area (Å²) in [6.07, 6.45) is 24.6. The monoisotopic (exact) mass is 337 g/mol. The standard InChI is InChI=1S/C22H43NO/c1-3-5-7-8-9-10-11-12-13-14-15-16-17-18-19-20-22(24)23-21-6-4-2/h12-13H,3-11,14-21H2,1-2H3,(H,23,24)/b13-12+. The van der Waals surface area contributed by atoms with E-state index in [0.29, 0.717) is 6.42 Å². The predicted octanol–water partition coefficient (Wildman–Crippen LogP) is 6.94. The Kier molecular flexibility index (Phi) is 19.6. The van der Waals surface area contributed by atoms with E-state index in [1.807, 2.05) is 0 Å². The SMILES string of the molecule is CCCCCCCC/C=C/CCCCCCCC(=O)NCCCC. The van der Waals surface area contributed by atoms with Crippen molar-refractivity contribution in [3.63, 3.8) is 0 Å². The molecule has 0 bridgehead atoms. The molecular weight excluding hydrogens is 294 g/mol. The maximum absolute atomic E-state index is 11.5. The van der Waals surface area contributed by atoms with Gasteiger partial charge in [-0.15, -0.1) is 0 Å². The van der Waals surface area contributed by atoms with Crippen LogP contribution in [0.1, 0.15) is 117 Å². The van der Waals surface area contributed by atoms with Crippen molar-refractivity contribution in [1.82, 2.24) is 5.32 Å². The molecule has 0 aromatic rings. The Labute approximate surface area is 151 Å². The Balaban J connectivity index is 3.16. The van der Waals surface area contributed by atoms with Gasteiger partial charge in [-0.2, -0.15) is 0 Å². The lowest BCUT2D eigenvalue weighted by Gasteiger charge is -2.04. The molecule has 1 N–H and O–H groups in total. The lowest BCUT2D eigenvalue weighted by molar-refractivity contribution is -0.121. The molecule has 0 radical (unpaired) electrons. The minimum absolute atomic E-state index is 0.237. The summed E-state index contributed by atoms with van der Waals surface area (Å²) in [5.41, 5.74) is 0. The zero-order valence-corrected chi connectivity index (χ0v) is 16.6. The molecule has 0 spiro atoms. The molecule has 1 amide bonds. The van der Waals surface area contributed by atoms with Gasteiger partial charge in [0, 0.05) is 13.0 Å². The first-order valence-corrected chi connectivity index (χ1v) is 10.7.